The number of rotatable bonds is 78. The predicted molar refractivity (Wildman–Crippen MR) is 536 cm³/mol. The summed E-state index contributed by atoms with van der Waals surface area (Å²) in [6, 6.07) is -8.30. The smallest absolute Gasteiger partial charge is 0.327 e. The van der Waals surface area contributed by atoms with E-state index in [1.54, 1.807) is 13.8 Å². The average molecular weight is 2070 g/mol. The summed E-state index contributed by atoms with van der Waals surface area (Å²) in [4.78, 5) is 252. The Balaban J connectivity index is 0.00000143. The summed E-state index contributed by atoms with van der Waals surface area (Å²) in [5.74, 6) is -16.3. The molecule has 58 heteroatoms. The first kappa shape index (κ1) is 129. The molecule has 0 radical (unpaired) electrons. The molecule has 0 aliphatic carbocycles. The molecule has 44 N–H and O–H groups in total. The van der Waals surface area contributed by atoms with Gasteiger partial charge >= 0.3 is 21.2 Å². The molecule has 0 spiro atoms. The Morgan fingerprint density at radius 1 is 0.343 bits per heavy atom. The Morgan fingerprint density at radius 3 is 1.02 bits per heavy atom. The summed E-state index contributed by atoms with van der Waals surface area (Å²) < 4.78 is 25.2. The summed E-state index contributed by atoms with van der Waals surface area (Å²) >= 11 is 0. The molecule has 0 saturated carbocycles. The molecule has 0 unspecified atom stereocenters. The highest BCUT2D eigenvalue weighted by Gasteiger charge is 2.38. The Morgan fingerprint density at radius 2 is 0.643 bits per heavy atom. The number of carboxylic acids is 1. The van der Waals surface area contributed by atoms with Crippen molar-refractivity contribution in [3.05, 3.63) is 23.8 Å². The van der Waals surface area contributed by atoms with E-state index < -0.39 is 207 Å². The normalized spacial score (nSPS) is 14.2. The number of Topliss-reactive ketones (excluding diaryl/α,β-unsaturated/α-hetero) is 6. The van der Waals surface area contributed by atoms with E-state index in [4.69, 9.17) is 91.7 Å². The molecular weight excluding hydrogens is 1910 g/mol. The van der Waals surface area contributed by atoms with Crippen LogP contribution < -0.4 is 129 Å². The zero-order valence-electron chi connectivity index (χ0n) is 82.7. The Labute approximate surface area is 831 Å². The number of carbonyl (C=O) groups excluding carboxylic acids is 13. The van der Waals surface area contributed by atoms with Gasteiger partial charge in [0.15, 0.2) is 64.7 Å². The van der Waals surface area contributed by atoms with Crippen LogP contribution in [0, 0.1) is 41.4 Å². The summed E-state index contributed by atoms with van der Waals surface area (Å²) in [6.45, 7) is 7.56. The number of carbonyl (C=O) groups is 14. The fourth-order valence-corrected chi connectivity index (χ4v) is 15.5. The van der Waals surface area contributed by atoms with Gasteiger partial charge in [-0.05, 0) is 149 Å². The van der Waals surface area contributed by atoms with E-state index in [0.29, 0.717) is 64.5 Å². The van der Waals surface area contributed by atoms with Crippen LogP contribution in [0.25, 0.3) is 0 Å². The van der Waals surface area contributed by atoms with Crippen molar-refractivity contribution >= 4 is 133 Å². The van der Waals surface area contributed by atoms with Gasteiger partial charge in [0.2, 0.25) is 41.4 Å². The summed E-state index contributed by atoms with van der Waals surface area (Å²) in [5, 5.41) is 44.0. The highest BCUT2D eigenvalue weighted by atomic mass is 31.2. The predicted octanol–water partition coefficient (Wildman–Crippen LogP) is -7.08. The maximum Gasteiger partial charge on any atom is 0.327 e. The SMILES string of the molecule is CNC(=O)[C@H](C)CC(=O)[C@H](CCCN=C(N)N)NC(=O)[C@H](CCCN=C(N)N)CC(=O)[C@H](CCCN=C(N)N)NC(=O)[C@H](CCCN=C(N)N)CC(=O)[C@H](CCCN=C(N)N)NC(=O)[C@@H](N)CCCN=C(N)N.C[C@H](CC(=O)[C@H](Cc1cn(CCP(=O)(O)O)nn1)NC(=O)[C@H](CCCCN)CC(=O)[C@H](C)NC(=O)[C@@H](CC(=O)[C@@H](C)CCCCN)Cc1cn(CCP(=O)(O)O)nn1)C(=O)N[C@@H](CCCCN)C(=O)O. The second-order valence-electron chi connectivity index (χ2n) is 35.3. The van der Waals surface area contributed by atoms with E-state index in [9.17, 15) is 101 Å². The molecule has 56 nitrogen and oxygen atoms in total. The topological polar surface area (TPSA) is 1010 Å². The lowest BCUT2D eigenvalue weighted by Gasteiger charge is -2.26. The molecule has 2 heterocycles. The number of guanidine groups is 6. The third-order valence-corrected chi connectivity index (χ3v) is 24.3. The zero-order chi connectivity index (χ0) is 108. The number of aryl methyl sites for hydroxylation is 2. The molecule has 810 valence electrons. The van der Waals surface area contributed by atoms with Gasteiger partial charge in [-0.1, -0.05) is 44.0 Å². The molecule has 7 amide bonds. The Hall–Kier alpha value is -12.2. The molecule has 0 aliphatic rings. The zero-order valence-corrected chi connectivity index (χ0v) is 84.5. The molecule has 14 atom stereocenters. The minimum absolute atomic E-state index is 0.00775. The first-order valence-electron chi connectivity index (χ1n) is 47.7. The van der Waals surface area contributed by atoms with Gasteiger partial charge in [0.25, 0.3) is 0 Å². The molecule has 0 aliphatic heterocycles. The van der Waals surface area contributed by atoms with E-state index in [1.165, 1.54) is 38.0 Å². The van der Waals surface area contributed by atoms with E-state index in [-0.39, 0.29) is 227 Å². The number of amides is 7. The second kappa shape index (κ2) is 70.5. The van der Waals surface area contributed by atoms with E-state index >= 15 is 0 Å². The van der Waals surface area contributed by atoms with Crippen LogP contribution in [0.1, 0.15) is 212 Å². The molecular formula is C85H159N35O21P2. The molecule has 0 saturated heterocycles. The molecule has 0 bridgehead atoms. The van der Waals surface area contributed by atoms with Gasteiger partial charge in [-0.2, -0.15) is 0 Å². The van der Waals surface area contributed by atoms with Crippen LogP contribution in [-0.4, -0.2) is 293 Å². The molecule has 2 aromatic heterocycles. The number of aromatic nitrogens is 6. The number of nitrogens with one attached hydrogen (secondary N) is 7. The van der Waals surface area contributed by atoms with Gasteiger partial charge < -0.3 is 154 Å². The van der Waals surface area contributed by atoms with Gasteiger partial charge in [0.05, 0.1) is 79.0 Å². The van der Waals surface area contributed by atoms with Crippen molar-refractivity contribution in [1.29, 1.82) is 0 Å². The van der Waals surface area contributed by atoms with Crippen LogP contribution >= 0.6 is 15.2 Å². The fraction of sp³-hybridized carbons (Fsp3) is 0.718. The second-order valence-corrected chi connectivity index (χ2v) is 38.8. The lowest BCUT2D eigenvalue weighted by atomic mass is 9.88. The van der Waals surface area contributed by atoms with E-state index in [0.717, 1.165) is 4.68 Å². The minimum atomic E-state index is -4.41. The first-order valence-corrected chi connectivity index (χ1v) is 51.3. The standard InChI is InChI=1S/C43H85N23O7.C42H74N12O14P2/c1-24(34(70)57-2)21-31(67)28(12-6-18-61-41(51)52)64-35(71)25(9-3-15-58-38(45)46)22-32(68)29(13-7-19-62-42(53)54)65-36(72)26(10-4-16-59-39(47)48)23-33(69)30(14-8-20-63-43(55)56)66-37(73)27(44)11-5-17-60-40(49)50;1-27(10-4-7-13-43)36(55)23-31(21-32-25-53(51-49-32)16-18-69(63,64)65)41(60)46-29(3)37(56)22-30(11-5-8-14-44)40(59)48-35(24-33-26-54(52-50-33)17-19-70(66,67)68)38(57)20-28(2)39(58)47-34(42(61)62)12-6-9-15-45/h24-30H,3-23,44H2,1-2H3,(H,57,70)(H,64,71)(H,65,72)(H,66,73)(H4,45,46,58)(H4,47,48,59)(H4,49,50,60)(H4,51,52,61)(H4,53,54,62)(H4,55,56,63);25-31,34-35H,4-24,43-45H2,1-3H3,(H,46,60)(H,47,58)(H,48,59)(H,61,62)(H2,63,64,65)(H2,66,67,68)/t24-,25-,26-,27+,28+,29+,30+;27-,28+,29-,30+,31+,34-,35-/m10/s1. The van der Waals surface area contributed by atoms with Gasteiger partial charge in [-0.3, -0.25) is 111 Å². The van der Waals surface area contributed by atoms with E-state index in [1.807, 2.05) is 0 Å². The van der Waals surface area contributed by atoms with Crippen molar-refractivity contribution in [1.82, 2.24) is 67.2 Å². The number of aliphatic carboxylic acids is 1. The third-order valence-electron chi connectivity index (χ3n) is 22.7. The first-order chi connectivity index (χ1) is 67.2. The number of ketones is 6. The van der Waals surface area contributed by atoms with Crippen molar-refractivity contribution < 1.29 is 101 Å². The molecule has 2 aromatic rings. The van der Waals surface area contributed by atoms with Gasteiger partial charge in [-0.25, -0.2) is 4.79 Å². The largest absolute Gasteiger partial charge is 0.480 e. The monoisotopic (exact) mass is 2070 g/mol. The summed E-state index contributed by atoms with van der Waals surface area (Å²) in [5.41, 5.74) is 89.4. The van der Waals surface area contributed by atoms with Gasteiger partial charge in [-0.15, -0.1) is 10.2 Å². The molecule has 2 rings (SSSR count). The maximum absolute atomic E-state index is 14.5. The number of nitrogens with two attached hydrogens (primary N) is 16. The van der Waals surface area contributed by atoms with Gasteiger partial charge in [0.1, 0.15) is 11.8 Å². The summed E-state index contributed by atoms with van der Waals surface area (Å²) in [6.07, 6.45) is 5.14. The number of carboxylic acid groups (broad SMARTS) is 1. The van der Waals surface area contributed by atoms with Crippen molar-refractivity contribution in [2.75, 3.05) is 78.3 Å². The van der Waals surface area contributed by atoms with Crippen molar-refractivity contribution in [3.8, 4) is 0 Å². The van der Waals surface area contributed by atoms with Gasteiger partial charge in [0, 0.05) is 146 Å². The summed E-state index contributed by atoms with van der Waals surface area (Å²) in [7, 11) is -7.32. The Kier molecular flexibility index (Phi) is 63.5. The quantitative estimate of drug-likeness (QED) is 0.0127. The maximum atomic E-state index is 14.5. The number of nitrogens with zero attached hydrogens (tertiary/aromatic N) is 12. The Bertz CT molecular complexity index is 4610. The minimum Gasteiger partial charge on any atom is -0.480 e. The van der Waals surface area contributed by atoms with Crippen LogP contribution in [0.2, 0.25) is 0 Å². The van der Waals surface area contributed by atoms with Crippen LogP contribution in [0.15, 0.2) is 42.3 Å². The lowest BCUT2D eigenvalue weighted by Crippen LogP contribution is -2.50. The van der Waals surface area contributed by atoms with Crippen LogP contribution in [0.4, 0.5) is 0 Å². The number of aliphatic imine (C=N–C) groups is 6. The van der Waals surface area contributed by atoms with Crippen molar-refractivity contribution in [3.63, 3.8) is 0 Å². The van der Waals surface area contributed by atoms with Crippen LogP contribution in [0.3, 0.4) is 0 Å². The number of unbranched alkanes of at least 4 members (excludes halogenated alkanes) is 3. The third kappa shape index (κ3) is 59.5. The fourth-order valence-electron chi connectivity index (χ4n) is 14.6. The van der Waals surface area contributed by atoms with E-state index in [2.05, 4.69) is 87.8 Å². The highest BCUT2D eigenvalue weighted by Crippen LogP contribution is 2.35. The molecule has 143 heavy (non-hydrogen) atoms. The van der Waals surface area contributed by atoms with Crippen molar-refractivity contribution in [2.24, 2.45) is 163 Å². The highest BCUT2D eigenvalue weighted by molar-refractivity contribution is 7.52. The van der Waals surface area contributed by atoms with Crippen LogP contribution in [-0.2, 0) is 102 Å². The number of hydrogen-bond acceptors (Lipinski definition) is 30. The molecule has 0 fully saturated rings. The van der Waals surface area contributed by atoms with Crippen LogP contribution in [0.5, 0.6) is 0 Å². The number of hydrogen-bond donors (Lipinski definition) is 28. The molecule has 0 aromatic carbocycles. The van der Waals surface area contributed by atoms with Crippen molar-refractivity contribution in [2.45, 2.75) is 269 Å². The average Bonchev–Trinajstić information content (AvgIpc) is 1.82. The lowest BCUT2D eigenvalue weighted by molar-refractivity contribution is -0.143.